The van der Waals surface area contributed by atoms with Gasteiger partial charge in [-0.15, -0.1) is 0 Å². The van der Waals surface area contributed by atoms with Gasteiger partial charge in [-0.1, -0.05) is 19.1 Å². The number of aliphatic carboxylic acids is 7. The normalized spacial score (nSPS) is 59.8. The molecule has 7 heterocycles. The first kappa shape index (κ1) is 49.4. The van der Waals surface area contributed by atoms with Gasteiger partial charge in [0, 0.05) is 52.2 Å². The summed E-state index contributed by atoms with van der Waals surface area (Å²) < 4.78 is 52.9. The van der Waals surface area contributed by atoms with Crippen molar-refractivity contribution < 1.29 is 138 Å². The third kappa shape index (κ3) is 3.10. The number of allylic oxidation sites excluding steroid dienone is 2. The van der Waals surface area contributed by atoms with Crippen LogP contribution in [0.4, 0.5) is 0 Å². The number of ketones is 1. The van der Waals surface area contributed by atoms with Crippen LogP contribution in [0.3, 0.4) is 0 Å². The lowest BCUT2D eigenvalue weighted by Gasteiger charge is -2.75. The van der Waals surface area contributed by atoms with Gasteiger partial charge in [0.1, 0.15) is 84.6 Å². The van der Waals surface area contributed by atoms with E-state index in [1.165, 1.54) is 6.08 Å². The molecule has 29 atom stereocenters. The van der Waals surface area contributed by atoms with Crippen molar-refractivity contribution in [1.82, 2.24) is 0 Å². The molecule has 28 heteroatoms. The van der Waals surface area contributed by atoms with E-state index in [2.05, 4.69) is 0 Å². The Labute approximate surface area is 508 Å². The second-order valence-electron chi connectivity index (χ2n) is 30.7. The molecule has 0 bridgehead atoms. The molecule has 19 unspecified atom stereocenters. The first-order valence-electron chi connectivity index (χ1n) is 30.5. The Morgan fingerprint density at radius 2 is 1.42 bits per heavy atom. The zero-order valence-corrected chi connectivity index (χ0v) is 46.7. The fraction of sp³-hybridized carbons (Fsp3) is 0.516. The van der Waals surface area contributed by atoms with E-state index in [9.17, 15) is 80.1 Å². The van der Waals surface area contributed by atoms with Crippen molar-refractivity contribution in [1.29, 1.82) is 0 Å². The molecular weight excluding hydrogens is 1220 g/mol. The van der Waals surface area contributed by atoms with Gasteiger partial charge in [-0.3, -0.25) is 19.2 Å². The number of benzene rings is 1. The number of hydrogen-bond acceptors (Lipinski definition) is 20. The molecule has 12 N–H and O–H groups in total. The molecule has 14 fully saturated rings. The van der Waals surface area contributed by atoms with Gasteiger partial charge in [-0.25, -0.2) is 24.0 Å². The monoisotopic (exact) mass is 1260 g/mol. The number of epoxide rings is 7. The molecule has 17 aliphatic carbocycles. The van der Waals surface area contributed by atoms with Crippen LogP contribution in [0.15, 0.2) is 92.0 Å². The smallest absolute Gasteiger partial charge is 0.339 e. The third-order valence-electron chi connectivity index (χ3n) is 30.1. The second kappa shape index (κ2) is 11.6. The number of rotatable bonds is 9. The largest absolute Gasteiger partial charge is 0.511 e. The average molecular weight is 1260 g/mol. The van der Waals surface area contributed by atoms with Gasteiger partial charge in [-0.2, -0.15) is 0 Å². The zero-order chi connectivity index (χ0) is 63.4. The molecule has 1 aromatic carbocycles. The summed E-state index contributed by atoms with van der Waals surface area (Å²) in [5.74, 6) is -40.4. The van der Waals surface area contributed by atoms with Gasteiger partial charge in [-0.05, 0) is 81.7 Å². The fourth-order valence-corrected chi connectivity index (χ4v) is 29.5. The molecule has 25 rings (SSSR count). The standard InChI is InChI=1S/C64H40O28/c1-10(65)21-25-24(44(77)78)17-5-11(40(69)70)6-18-34(67)39-59(48(83)84)56(87-59)33(45(79)80)28-15(42(73)74)7-12-13(41(71)72)8-14-22-27(12)55(28)63(90-55)46(56)57-32-31(29(25)60(52(17,18)88-60)61(39,57)91-57)49(2)30(21)35(68)23(43(75)76)16-9-50-54(86-50,47(81)82)20-4-3-19(66)26(14)53(20)62(89-53)37(22)51(63,85)38(32)58(36(16)49)64(50,62)92-58/h3-6,8,15,18,20,24,28-31,33-34,37,39,46,66-68,85H,7,9H2,1-2H3,(H,69,70)(H,71,72)(H,73,74)(H,75,76)(H,77,78)(H,79,80)(H,81,82)(H,83,84)/t15?,18?,20?,24?,28?,29?,30?,31?,33?,34?,37?,39?,46?,49-,50-,51+,52+,53?,54+,55-,56?,57-,58?,59?,60+,61+,62?,63-,64?/m0/s1. The van der Waals surface area contributed by atoms with Crippen molar-refractivity contribution in [2.75, 3.05) is 0 Å². The predicted octanol–water partition coefficient (Wildman–Crippen LogP) is -0.919. The summed E-state index contributed by atoms with van der Waals surface area (Å²) in [6.07, 6.45) is 0.731. The van der Waals surface area contributed by atoms with Crippen molar-refractivity contribution in [2.24, 2.45) is 70.5 Å². The van der Waals surface area contributed by atoms with Gasteiger partial charge in [0.2, 0.25) is 11.2 Å². The summed E-state index contributed by atoms with van der Waals surface area (Å²) >= 11 is 0. The maximum Gasteiger partial charge on any atom is 0.339 e. The molecule has 24 aliphatic rings. The van der Waals surface area contributed by atoms with Crippen molar-refractivity contribution in [2.45, 2.75) is 123 Å². The van der Waals surface area contributed by atoms with Crippen LogP contribution in [-0.2, 0) is 83.5 Å². The van der Waals surface area contributed by atoms with E-state index in [1.807, 2.05) is 0 Å². The SMILES string of the molecule is CC(=O)C1=C2C(C(=O)O)C3=CC(C(=O)O)=CC4C(O)C5C6(C(=O)O)OC67C(C(=O)O)C6C(C(=O)O)Cc8c(C(=O)O)cc9c%10c8[C@]68O[C@]86C7[C@]78O[C@]57[C@@]5(O[C@]345)C2C2C8=C3C45OC47C4(OC48C9=C(O)C=CC8[C@]4(C(=O)O)O[C@]74CC4=C5[C@@]2(C)C1C(O)=C4C(=O)O)C%10[C@@]36O. The van der Waals surface area contributed by atoms with Crippen LogP contribution >= 0.6 is 0 Å². The summed E-state index contributed by atoms with van der Waals surface area (Å²) in [6.45, 7) is 2.63. The number of fused-ring (bicyclic) bond motifs is 3. The van der Waals surface area contributed by atoms with Crippen LogP contribution in [-0.4, -0.2) is 199 Å². The highest BCUT2D eigenvalue weighted by atomic mass is 16.8. The van der Waals surface area contributed by atoms with Gasteiger partial charge in [0.15, 0.2) is 17.0 Å². The third-order valence-corrected chi connectivity index (χ3v) is 30.1. The summed E-state index contributed by atoms with van der Waals surface area (Å²) in [5, 5.41) is 153. The number of carboxylic acids is 8. The molecule has 1 aromatic rings. The van der Waals surface area contributed by atoms with E-state index in [0.717, 1.165) is 31.2 Å². The molecule has 0 amide bonds. The van der Waals surface area contributed by atoms with E-state index in [0.29, 0.717) is 0 Å². The van der Waals surface area contributed by atoms with Gasteiger partial charge in [0.05, 0.1) is 58.7 Å². The second-order valence-corrected chi connectivity index (χ2v) is 30.7. The van der Waals surface area contributed by atoms with Gasteiger partial charge >= 0.3 is 47.8 Å². The molecule has 7 aliphatic heterocycles. The van der Waals surface area contributed by atoms with Gasteiger partial charge in [0.25, 0.3) is 0 Å². The molecule has 28 nitrogen and oxygen atoms in total. The number of carbonyl (C=O) groups excluding carboxylic acids is 1. The number of aliphatic hydroxyl groups excluding tert-OH is 3. The Bertz CT molecular complexity index is 5000. The molecule has 0 aromatic heterocycles. The minimum Gasteiger partial charge on any atom is -0.511 e. The number of hydrogen-bond donors (Lipinski definition) is 12. The Morgan fingerprint density at radius 3 is 2.08 bits per heavy atom. The highest BCUT2D eigenvalue weighted by molar-refractivity contribution is 6.08. The molecule has 12 spiro atoms. The quantitative estimate of drug-likeness (QED) is 0.105. The van der Waals surface area contributed by atoms with Crippen LogP contribution in [0.2, 0.25) is 0 Å². The Balaban J connectivity index is 0.966. The first-order chi connectivity index (χ1) is 43.4. The summed E-state index contributed by atoms with van der Waals surface area (Å²) in [6, 6.07) is 1.16. The number of ether oxygens (including phenoxy) is 7. The van der Waals surface area contributed by atoms with Crippen LogP contribution < -0.4 is 0 Å². The van der Waals surface area contributed by atoms with E-state index in [4.69, 9.17) is 33.2 Å². The summed E-state index contributed by atoms with van der Waals surface area (Å²) in [7, 11) is 0. The number of carboxylic acid groups (broad SMARTS) is 8. The molecule has 0 radical (unpaired) electrons. The Morgan fingerprint density at radius 1 is 0.717 bits per heavy atom. The lowest BCUT2D eigenvalue weighted by atomic mass is 9.21. The van der Waals surface area contributed by atoms with E-state index in [-0.39, 0.29) is 61.3 Å². The lowest BCUT2D eigenvalue weighted by Crippen LogP contribution is -2.90. The lowest BCUT2D eigenvalue weighted by molar-refractivity contribution is -0.197. The highest BCUT2D eigenvalue weighted by Crippen LogP contribution is 3.09. The molecule has 92 heavy (non-hydrogen) atoms. The van der Waals surface area contributed by atoms with Crippen molar-refractivity contribution in [3.63, 3.8) is 0 Å². The highest BCUT2D eigenvalue weighted by Gasteiger charge is 3.25. The molecular formula is C64H40O28. The minimum atomic E-state index is -3.15. The maximum atomic E-state index is 16.5. The Hall–Kier alpha value is -8.19. The van der Waals surface area contributed by atoms with Crippen molar-refractivity contribution in [3.05, 3.63) is 120 Å². The molecule has 464 valence electrons. The van der Waals surface area contributed by atoms with E-state index in [1.54, 1.807) is 6.92 Å². The number of Topliss-reactive ketones (excluding diaryl/α,β-unsaturated/α-hetero) is 1. The van der Waals surface area contributed by atoms with Crippen LogP contribution in [0, 0.1) is 70.5 Å². The first-order valence-corrected chi connectivity index (χ1v) is 30.5. The van der Waals surface area contributed by atoms with E-state index >= 15 is 24.3 Å². The summed E-state index contributed by atoms with van der Waals surface area (Å²) in [5.41, 5.74) is -46.1. The fourth-order valence-electron chi connectivity index (χ4n) is 29.5. The number of carbonyl (C=O) groups is 9. The topological polar surface area (TPSA) is 484 Å². The maximum absolute atomic E-state index is 16.5. The van der Waals surface area contributed by atoms with Crippen molar-refractivity contribution >= 4 is 59.1 Å². The van der Waals surface area contributed by atoms with Gasteiger partial charge < -0.3 is 94.4 Å². The summed E-state index contributed by atoms with van der Waals surface area (Å²) in [4.78, 5) is 134. The Kier molecular flexibility index (Phi) is 6.22. The average Bonchev–Trinajstić information content (AvgIpc) is 1.33. The number of aliphatic hydroxyl groups is 4. The van der Waals surface area contributed by atoms with Crippen LogP contribution in [0.25, 0.3) is 5.57 Å². The van der Waals surface area contributed by atoms with Crippen molar-refractivity contribution in [3.8, 4) is 0 Å². The molecule has 7 saturated heterocycles. The van der Waals surface area contributed by atoms with Crippen LogP contribution in [0.1, 0.15) is 58.8 Å². The molecule has 7 saturated carbocycles. The zero-order valence-electron chi connectivity index (χ0n) is 46.7. The van der Waals surface area contributed by atoms with Crippen LogP contribution in [0.5, 0.6) is 0 Å². The minimum absolute atomic E-state index is 0.0587. The number of aromatic carboxylic acids is 1. The van der Waals surface area contributed by atoms with E-state index < -0.39 is 267 Å². The predicted molar refractivity (Wildman–Crippen MR) is 276 cm³/mol.